The average Bonchev–Trinajstić information content (AvgIpc) is 2.21. The summed E-state index contributed by atoms with van der Waals surface area (Å²) in [4.78, 5) is 0. The molecule has 1 aromatic rings. The van der Waals surface area contributed by atoms with E-state index in [1.165, 1.54) is 0 Å². The maximum Gasteiger partial charge on any atom is 0.122 e. The zero-order chi connectivity index (χ0) is 11.6. The van der Waals surface area contributed by atoms with Gasteiger partial charge in [-0.25, -0.2) is 5.43 Å². The lowest BCUT2D eigenvalue weighted by molar-refractivity contribution is -0.0787. The molecule has 1 aromatic carbocycles. The lowest BCUT2D eigenvalue weighted by atomic mass is 9.88. The van der Waals surface area contributed by atoms with Crippen LogP contribution in [0.5, 0.6) is 5.75 Å². The summed E-state index contributed by atoms with van der Waals surface area (Å²) in [5.74, 6) is 6.52. The molecule has 0 aliphatic carbocycles. The van der Waals surface area contributed by atoms with Crippen LogP contribution < -0.4 is 16.0 Å². The van der Waals surface area contributed by atoms with Crippen LogP contribution in [0.4, 0.5) is 0 Å². The van der Waals surface area contributed by atoms with Crippen LogP contribution in [0.2, 0.25) is 0 Å². The highest BCUT2D eigenvalue weighted by Gasteiger charge is 2.39. The highest BCUT2D eigenvalue weighted by Crippen LogP contribution is 2.31. The zero-order valence-electron chi connectivity index (χ0n) is 9.75. The number of hydrazine groups is 1. The molecule has 0 amide bonds. The summed E-state index contributed by atoms with van der Waals surface area (Å²) in [5, 5.41) is 0. The molecule has 4 nitrogen and oxygen atoms in total. The van der Waals surface area contributed by atoms with Gasteiger partial charge in [-0.15, -0.1) is 0 Å². The molecule has 0 atom stereocenters. The van der Waals surface area contributed by atoms with E-state index in [4.69, 9.17) is 15.3 Å². The van der Waals surface area contributed by atoms with E-state index in [9.17, 15) is 0 Å². The molecule has 0 saturated carbocycles. The van der Waals surface area contributed by atoms with Crippen LogP contribution in [0.3, 0.4) is 0 Å². The van der Waals surface area contributed by atoms with E-state index in [2.05, 4.69) is 11.5 Å². The molecule has 16 heavy (non-hydrogen) atoms. The van der Waals surface area contributed by atoms with E-state index >= 15 is 0 Å². The predicted octanol–water partition coefficient (Wildman–Crippen LogP) is 1.08. The lowest BCUT2D eigenvalue weighted by Gasteiger charge is -2.41. The van der Waals surface area contributed by atoms with Crippen molar-refractivity contribution in [2.24, 2.45) is 5.84 Å². The topological polar surface area (TPSA) is 56.5 Å². The molecule has 3 N–H and O–H groups in total. The van der Waals surface area contributed by atoms with Gasteiger partial charge in [-0.05, 0) is 31.0 Å². The SMILES string of the molecule is CCOc1ccc(C2(NN)COC2)cc1C. The van der Waals surface area contributed by atoms with Crippen molar-refractivity contribution in [3.05, 3.63) is 29.3 Å². The molecule has 88 valence electrons. The number of hydrogen-bond acceptors (Lipinski definition) is 4. The molecule has 0 bridgehead atoms. The van der Waals surface area contributed by atoms with Crippen LogP contribution >= 0.6 is 0 Å². The fourth-order valence-corrected chi connectivity index (χ4v) is 1.90. The van der Waals surface area contributed by atoms with E-state index < -0.39 is 0 Å². The van der Waals surface area contributed by atoms with Crippen LogP contribution in [0.15, 0.2) is 18.2 Å². The summed E-state index contributed by atoms with van der Waals surface area (Å²) in [6.45, 7) is 5.95. The van der Waals surface area contributed by atoms with Crippen molar-refractivity contribution in [3.8, 4) is 5.75 Å². The Morgan fingerprint density at radius 2 is 2.25 bits per heavy atom. The quantitative estimate of drug-likeness (QED) is 0.591. The van der Waals surface area contributed by atoms with Gasteiger partial charge in [-0.3, -0.25) is 5.84 Å². The van der Waals surface area contributed by atoms with Crippen LogP contribution in [0, 0.1) is 6.92 Å². The van der Waals surface area contributed by atoms with E-state index in [0.717, 1.165) is 16.9 Å². The molecule has 1 saturated heterocycles. The van der Waals surface area contributed by atoms with Crippen molar-refractivity contribution in [2.75, 3.05) is 19.8 Å². The molecule has 1 fully saturated rings. The number of nitrogens with two attached hydrogens (primary N) is 1. The summed E-state index contributed by atoms with van der Waals surface area (Å²) < 4.78 is 10.7. The van der Waals surface area contributed by atoms with Crippen molar-refractivity contribution in [1.29, 1.82) is 0 Å². The molecule has 2 rings (SSSR count). The number of rotatable bonds is 4. The van der Waals surface area contributed by atoms with E-state index in [1.807, 2.05) is 26.0 Å². The van der Waals surface area contributed by atoms with Crippen LogP contribution in [0.25, 0.3) is 0 Å². The highest BCUT2D eigenvalue weighted by atomic mass is 16.5. The Kier molecular flexibility index (Phi) is 3.14. The number of benzene rings is 1. The first-order valence-corrected chi connectivity index (χ1v) is 5.51. The summed E-state index contributed by atoms with van der Waals surface area (Å²) >= 11 is 0. The maximum atomic E-state index is 5.59. The van der Waals surface area contributed by atoms with E-state index in [1.54, 1.807) is 0 Å². The third-order valence-corrected chi connectivity index (χ3v) is 3.00. The number of nitrogens with one attached hydrogen (secondary N) is 1. The Balaban J connectivity index is 2.26. The largest absolute Gasteiger partial charge is 0.494 e. The molecular weight excluding hydrogens is 204 g/mol. The van der Waals surface area contributed by atoms with Crippen molar-refractivity contribution >= 4 is 0 Å². The van der Waals surface area contributed by atoms with E-state index in [0.29, 0.717) is 19.8 Å². The van der Waals surface area contributed by atoms with E-state index in [-0.39, 0.29) is 5.54 Å². The first-order chi connectivity index (χ1) is 7.72. The van der Waals surface area contributed by atoms with Gasteiger partial charge in [0.15, 0.2) is 0 Å². The molecule has 1 aliphatic heterocycles. The fraction of sp³-hybridized carbons (Fsp3) is 0.500. The molecule has 4 heteroatoms. The van der Waals surface area contributed by atoms with Crippen molar-refractivity contribution < 1.29 is 9.47 Å². The standard InChI is InChI=1S/C12H18N2O2/c1-3-16-11-5-4-10(6-9(11)2)12(14-13)7-15-8-12/h4-6,14H,3,7-8,13H2,1-2H3. The third kappa shape index (κ3) is 1.80. The fourth-order valence-electron chi connectivity index (χ4n) is 1.90. The smallest absolute Gasteiger partial charge is 0.122 e. The predicted molar refractivity (Wildman–Crippen MR) is 62.2 cm³/mol. The van der Waals surface area contributed by atoms with Crippen LogP contribution in [-0.2, 0) is 10.3 Å². The van der Waals surface area contributed by atoms with Crippen molar-refractivity contribution in [1.82, 2.24) is 5.43 Å². The van der Waals surface area contributed by atoms with Gasteiger partial charge in [0.05, 0.1) is 19.8 Å². The second-order valence-corrected chi connectivity index (χ2v) is 4.13. The Hall–Kier alpha value is -1.10. The average molecular weight is 222 g/mol. The molecule has 0 spiro atoms. The number of hydrogen-bond donors (Lipinski definition) is 2. The molecule has 1 heterocycles. The first-order valence-electron chi connectivity index (χ1n) is 5.51. The zero-order valence-corrected chi connectivity index (χ0v) is 9.75. The third-order valence-electron chi connectivity index (χ3n) is 3.00. The Morgan fingerprint density at radius 1 is 1.50 bits per heavy atom. The van der Waals surface area contributed by atoms with Crippen molar-refractivity contribution in [3.63, 3.8) is 0 Å². The Labute approximate surface area is 95.7 Å². The summed E-state index contributed by atoms with van der Waals surface area (Å²) in [7, 11) is 0. The van der Waals surface area contributed by atoms with Gasteiger partial charge in [-0.1, -0.05) is 12.1 Å². The molecule has 0 radical (unpaired) electrons. The lowest BCUT2D eigenvalue weighted by Crippen LogP contribution is -2.60. The second-order valence-electron chi connectivity index (χ2n) is 4.13. The van der Waals surface area contributed by atoms with Gasteiger partial charge in [0.1, 0.15) is 11.3 Å². The van der Waals surface area contributed by atoms with Gasteiger partial charge in [-0.2, -0.15) is 0 Å². The van der Waals surface area contributed by atoms with Gasteiger partial charge in [0.2, 0.25) is 0 Å². The van der Waals surface area contributed by atoms with Gasteiger partial charge in [0.25, 0.3) is 0 Å². The molecule has 1 aliphatic rings. The minimum absolute atomic E-state index is 0.213. The number of aryl methyl sites for hydroxylation is 1. The van der Waals surface area contributed by atoms with Gasteiger partial charge >= 0.3 is 0 Å². The van der Waals surface area contributed by atoms with Gasteiger partial charge < -0.3 is 9.47 Å². The summed E-state index contributed by atoms with van der Waals surface area (Å²) in [5.41, 5.74) is 4.91. The normalized spacial score (nSPS) is 17.9. The first kappa shape index (κ1) is 11.4. The van der Waals surface area contributed by atoms with Gasteiger partial charge in [0, 0.05) is 0 Å². The highest BCUT2D eigenvalue weighted by molar-refractivity contribution is 5.40. The summed E-state index contributed by atoms with van der Waals surface area (Å²) in [6.07, 6.45) is 0. The Bertz CT molecular complexity index is 370. The Morgan fingerprint density at radius 3 is 2.69 bits per heavy atom. The van der Waals surface area contributed by atoms with Crippen LogP contribution in [0.1, 0.15) is 18.1 Å². The minimum Gasteiger partial charge on any atom is -0.494 e. The number of ether oxygens (including phenoxy) is 2. The maximum absolute atomic E-state index is 5.59. The molecule has 0 aromatic heterocycles. The molecular formula is C12H18N2O2. The van der Waals surface area contributed by atoms with Crippen LogP contribution in [-0.4, -0.2) is 19.8 Å². The molecule has 0 unspecified atom stereocenters. The van der Waals surface area contributed by atoms with Crippen molar-refractivity contribution in [2.45, 2.75) is 19.4 Å². The summed E-state index contributed by atoms with van der Waals surface area (Å²) in [6, 6.07) is 6.14. The minimum atomic E-state index is -0.213. The monoisotopic (exact) mass is 222 g/mol. The second kappa shape index (κ2) is 4.41.